The first-order valence-corrected chi connectivity index (χ1v) is 6.85. The van der Waals surface area contributed by atoms with Crippen LogP contribution in [0, 0.1) is 0 Å². The fourth-order valence-corrected chi connectivity index (χ4v) is 2.72. The highest BCUT2D eigenvalue weighted by Gasteiger charge is 2.35. The minimum atomic E-state index is -4.40. The smallest absolute Gasteiger partial charge is 0.271 e. The summed E-state index contributed by atoms with van der Waals surface area (Å²) in [4.78, 5) is 3.91. The summed E-state index contributed by atoms with van der Waals surface area (Å²) < 4.78 is 37.5. The van der Waals surface area contributed by atoms with Crippen LogP contribution in [0.4, 0.5) is 13.2 Å². The number of hydrazine groups is 1. The number of alkyl halides is 3. The van der Waals surface area contributed by atoms with Crippen molar-refractivity contribution < 1.29 is 13.2 Å². The maximum atomic E-state index is 12.5. The molecule has 0 aliphatic rings. The van der Waals surface area contributed by atoms with E-state index in [2.05, 4.69) is 10.4 Å². The second-order valence-electron chi connectivity index (χ2n) is 4.31. The molecule has 1 atom stereocenters. The zero-order valence-corrected chi connectivity index (χ0v) is 11.3. The summed E-state index contributed by atoms with van der Waals surface area (Å²) in [5, 5.41) is -0.840. The molecular formula is C13H14F3N3S. The van der Waals surface area contributed by atoms with Gasteiger partial charge in [-0.05, 0) is 18.4 Å². The van der Waals surface area contributed by atoms with Gasteiger partial charge in [-0.3, -0.25) is 11.3 Å². The number of thiazole rings is 1. The Balaban J connectivity index is 2.03. The highest BCUT2D eigenvalue weighted by Crippen LogP contribution is 2.35. The fourth-order valence-electron chi connectivity index (χ4n) is 1.84. The SMILES string of the molecule is NNC(CCc1ccccc1)c1cnc(C(F)(F)F)s1. The van der Waals surface area contributed by atoms with Gasteiger partial charge in [0.05, 0.1) is 6.04 Å². The molecule has 0 fully saturated rings. The van der Waals surface area contributed by atoms with E-state index in [4.69, 9.17) is 5.84 Å². The van der Waals surface area contributed by atoms with Crippen LogP contribution in [-0.2, 0) is 12.6 Å². The third kappa shape index (κ3) is 3.78. The van der Waals surface area contributed by atoms with Crippen LogP contribution in [0.25, 0.3) is 0 Å². The molecule has 0 saturated carbocycles. The van der Waals surface area contributed by atoms with Crippen LogP contribution < -0.4 is 11.3 Å². The molecule has 0 aliphatic heterocycles. The molecule has 1 aromatic heterocycles. The van der Waals surface area contributed by atoms with Crippen molar-refractivity contribution in [3.8, 4) is 0 Å². The van der Waals surface area contributed by atoms with Crippen molar-refractivity contribution in [3.63, 3.8) is 0 Å². The van der Waals surface area contributed by atoms with Gasteiger partial charge in [0, 0.05) is 11.1 Å². The topological polar surface area (TPSA) is 50.9 Å². The Kier molecular flexibility index (Phi) is 4.74. The lowest BCUT2D eigenvalue weighted by Gasteiger charge is -2.13. The molecule has 1 heterocycles. The Hall–Kier alpha value is -1.44. The average molecular weight is 301 g/mol. The monoisotopic (exact) mass is 301 g/mol. The number of rotatable bonds is 5. The summed E-state index contributed by atoms with van der Waals surface area (Å²) in [6.45, 7) is 0. The van der Waals surface area contributed by atoms with Crippen molar-refractivity contribution in [1.29, 1.82) is 0 Å². The number of hydrogen-bond donors (Lipinski definition) is 2. The molecule has 0 bridgehead atoms. The summed E-state index contributed by atoms with van der Waals surface area (Å²) in [7, 11) is 0. The fraction of sp³-hybridized carbons (Fsp3) is 0.308. The Morgan fingerprint density at radius 1 is 1.25 bits per heavy atom. The van der Waals surface area contributed by atoms with Crippen molar-refractivity contribution in [2.24, 2.45) is 5.84 Å². The van der Waals surface area contributed by atoms with Crippen LogP contribution in [0.3, 0.4) is 0 Å². The molecular weight excluding hydrogens is 287 g/mol. The van der Waals surface area contributed by atoms with Crippen molar-refractivity contribution in [1.82, 2.24) is 10.4 Å². The van der Waals surface area contributed by atoms with Gasteiger partial charge in [0.2, 0.25) is 0 Å². The molecule has 0 spiro atoms. The summed E-state index contributed by atoms with van der Waals surface area (Å²) >= 11 is 0.629. The third-order valence-electron chi connectivity index (χ3n) is 2.88. The van der Waals surface area contributed by atoms with Crippen LogP contribution in [0.2, 0.25) is 0 Å². The Labute approximate surface area is 118 Å². The minimum Gasteiger partial charge on any atom is -0.271 e. The van der Waals surface area contributed by atoms with Crippen LogP contribution in [0.1, 0.15) is 27.9 Å². The van der Waals surface area contributed by atoms with Gasteiger partial charge < -0.3 is 0 Å². The second kappa shape index (κ2) is 6.34. The van der Waals surface area contributed by atoms with Gasteiger partial charge >= 0.3 is 6.18 Å². The van der Waals surface area contributed by atoms with Crippen molar-refractivity contribution in [2.45, 2.75) is 25.1 Å². The molecule has 7 heteroatoms. The maximum Gasteiger partial charge on any atom is 0.443 e. The molecule has 3 nitrogen and oxygen atoms in total. The maximum absolute atomic E-state index is 12.5. The number of halogens is 3. The quantitative estimate of drug-likeness (QED) is 0.658. The molecule has 3 N–H and O–H groups in total. The number of nitrogens with two attached hydrogens (primary N) is 1. The Morgan fingerprint density at radius 3 is 2.50 bits per heavy atom. The van der Waals surface area contributed by atoms with Crippen molar-refractivity contribution >= 4 is 11.3 Å². The lowest BCUT2D eigenvalue weighted by Crippen LogP contribution is -2.27. The van der Waals surface area contributed by atoms with Crippen LogP contribution in [-0.4, -0.2) is 4.98 Å². The number of nitrogens with zero attached hydrogens (tertiary/aromatic N) is 1. The van der Waals surface area contributed by atoms with E-state index in [-0.39, 0.29) is 6.04 Å². The number of benzene rings is 1. The van der Waals surface area contributed by atoms with E-state index in [1.807, 2.05) is 30.3 Å². The largest absolute Gasteiger partial charge is 0.443 e. The van der Waals surface area contributed by atoms with E-state index in [1.165, 1.54) is 6.20 Å². The molecule has 1 aromatic carbocycles. The van der Waals surface area contributed by atoms with Crippen molar-refractivity contribution in [3.05, 3.63) is 52.0 Å². The van der Waals surface area contributed by atoms with Gasteiger partial charge in [-0.2, -0.15) is 13.2 Å². The van der Waals surface area contributed by atoms with Gasteiger partial charge in [0.1, 0.15) is 0 Å². The van der Waals surface area contributed by atoms with E-state index < -0.39 is 11.2 Å². The normalized spacial score (nSPS) is 13.4. The predicted octanol–water partition coefficient (Wildman–Crippen LogP) is 3.30. The van der Waals surface area contributed by atoms with E-state index >= 15 is 0 Å². The first-order chi connectivity index (χ1) is 9.50. The van der Waals surface area contributed by atoms with Gasteiger partial charge in [-0.15, -0.1) is 11.3 Å². The standard InChI is InChI=1S/C13H14F3N3S/c14-13(15,16)12-18-8-11(20-12)10(19-17)7-6-9-4-2-1-3-5-9/h1-5,8,10,19H,6-7,17H2. The van der Waals surface area contributed by atoms with E-state index in [9.17, 15) is 13.2 Å². The molecule has 1 unspecified atom stereocenters. The molecule has 0 radical (unpaired) electrons. The lowest BCUT2D eigenvalue weighted by molar-refractivity contribution is -0.137. The second-order valence-corrected chi connectivity index (χ2v) is 5.37. The van der Waals surface area contributed by atoms with Crippen molar-refractivity contribution in [2.75, 3.05) is 0 Å². The molecule has 0 amide bonds. The summed E-state index contributed by atoms with van der Waals surface area (Å²) in [6.07, 6.45) is -1.82. The van der Waals surface area contributed by atoms with Crippen LogP contribution in [0.5, 0.6) is 0 Å². The molecule has 0 aliphatic carbocycles. The van der Waals surface area contributed by atoms with Crippen LogP contribution >= 0.6 is 11.3 Å². The van der Waals surface area contributed by atoms with Gasteiger partial charge in [0.25, 0.3) is 0 Å². The Bertz CT molecular complexity index is 539. The van der Waals surface area contributed by atoms with E-state index in [0.29, 0.717) is 22.6 Å². The van der Waals surface area contributed by atoms with E-state index in [1.54, 1.807) is 0 Å². The minimum absolute atomic E-state index is 0.330. The lowest BCUT2D eigenvalue weighted by atomic mass is 10.1. The number of hydrogen-bond acceptors (Lipinski definition) is 4. The van der Waals surface area contributed by atoms with Gasteiger partial charge in [-0.25, -0.2) is 4.98 Å². The average Bonchev–Trinajstić information content (AvgIpc) is 2.90. The zero-order chi connectivity index (χ0) is 14.6. The molecule has 0 saturated heterocycles. The first kappa shape index (κ1) is 15.0. The molecule has 2 aromatic rings. The number of nitrogens with one attached hydrogen (secondary N) is 1. The highest BCUT2D eigenvalue weighted by molar-refractivity contribution is 7.11. The van der Waals surface area contributed by atoms with Gasteiger partial charge in [0.15, 0.2) is 5.01 Å². The highest BCUT2D eigenvalue weighted by atomic mass is 32.1. The zero-order valence-electron chi connectivity index (χ0n) is 10.5. The molecule has 108 valence electrons. The summed E-state index contributed by atoms with van der Waals surface area (Å²) in [5.74, 6) is 5.43. The number of aryl methyl sites for hydroxylation is 1. The predicted molar refractivity (Wildman–Crippen MR) is 71.9 cm³/mol. The first-order valence-electron chi connectivity index (χ1n) is 6.03. The van der Waals surface area contributed by atoms with E-state index in [0.717, 1.165) is 12.0 Å². The van der Waals surface area contributed by atoms with Crippen LogP contribution in [0.15, 0.2) is 36.5 Å². The Morgan fingerprint density at radius 2 is 1.95 bits per heavy atom. The molecule has 20 heavy (non-hydrogen) atoms. The summed E-state index contributed by atoms with van der Waals surface area (Å²) in [5.41, 5.74) is 3.68. The molecule has 2 rings (SSSR count). The van der Waals surface area contributed by atoms with Gasteiger partial charge in [-0.1, -0.05) is 30.3 Å². The number of aromatic nitrogens is 1. The third-order valence-corrected chi connectivity index (χ3v) is 4.03. The summed E-state index contributed by atoms with van der Waals surface area (Å²) in [6, 6.07) is 9.39.